The molecular formula is C13H24N2O. The van der Waals surface area contributed by atoms with Crippen molar-refractivity contribution in [1.29, 1.82) is 0 Å². The molecule has 92 valence electrons. The molecule has 0 radical (unpaired) electrons. The van der Waals surface area contributed by atoms with E-state index in [2.05, 4.69) is 19.2 Å². The number of hydrogen-bond donors (Lipinski definition) is 2. The molecular weight excluding hydrogens is 200 g/mol. The Bertz CT molecular complexity index is 269. The molecule has 0 heterocycles. The molecule has 2 aliphatic rings. The highest BCUT2D eigenvalue weighted by Crippen LogP contribution is 2.39. The van der Waals surface area contributed by atoms with Gasteiger partial charge in [0.25, 0.3) is 0 Å². The van der Waals surface area contributed by atoms with Gasteiger partial charge in [-0.3, -0.25) is 4.79 Å². The summed E-state index contributed by atoms with van der Waals surface area (Å²) in [6.45, 7) is 4.28. The van der Waals surface area contributed by atoms with E-state index >= 15 is 0 Å². The van der Waals surface area contributed by atoms with E-state index in [4.69, 9.17) is 5.73 Å². The second-order valence-corrected chi connectivity index (χ2v) is 6.14. The molecule has 0 aromatic carbocycles. The number of carbonyl (C=O) groups excluding carboxylic acids is 1. The first-order valence-corrected chi connectivity index (χ1v) is 6.55. The minimum Gasteiger partial charge on any atom is -0.353 e. The minimum atomic E-state index is 0.0747. The van der Waals surface area contributed by atoms with E-state index in [1.807, 2.05) is 0 Å². The zero-order valence-corrected chi connectivity index (χ0v) is 10.5. The lowest BCUT2D eigenvalue weighted by Gasteiger charge is -2.50. The van der Waals surface area contributed by atoms with Crippen LogP contribution >= 0.6 is 0 Å². The maximum atomic E-state index is 11.8. The Morgan fingerprint density at radius 3 is 2.50 bits per heavy atom. The van der Waals surface area contributed by atoms with E-state index in [0.29, 0.717) is 5.92 Å². The highest BCUT2D eigenvalue weighted by molar-refractivity contribution is 5.76. The quantitative estimate of drug-likeness (QED) is 0.768. The summed E-state index contributed by atoms with van der Waals surface area (Å²) in [6, 6.07) is 0.528. The predicted octanol–water partition coefficient (Wildman–Crippen LogP) is 1.81. The Morgan fingerprint density at radius 2 is 2.00 bits per heavy atom. The topological polar surface area (TPSA) is 55.1 Å². The molecule has 0 bridgehead atoms. The molecule has 0 aliphatic heterocycles. The van der Waals surface area contributed by atoms with Crippen molar-refractivity contribution in [2.45, 2.75) is 64.5 Å². The first kappa shape index (κ1) is 11.9. The Labute approximate surface area is 98.2 Å². The average Bonchev–Trinajstić information content (AvgIpc) is 2.70. The van der Waals surface area contributed by atoms with Gasteiger partial charge in [0.15, 0.2) is 0 Å². The summed E-state index contributed by atoms with van der Waals surface area (Å²) in [5.74, 6) is 0.869. The largest absolute Gasteiger partial charge is 0.353 e. The van der Waals surface area contributed by atoms with Gasteiger partial charge >= 0.3 is 0 Å². The van der Waals surface area contributed by atoms with Crippen molar-refractivity contribution in [2.24, 2.45) is 17.1 Å². The van der Waals surface area contributed by atoms with Crippen LogP contribution in [-0.2, 0) is 4.79 Å². The van der Waals surface area contributed by atoms with Crippen molar-refractivity contribution in [1.82, 2.24) is 5.32 Å². The molecule has 16 heavy (non-hydrogen) atoms. The van der Waals surface area contributed by atoms with Crippen LogP contribution in [0.4, 0.5) is 0 Å². The van der Waals surface area contributed by atoms with Crippen molar-refractivity contribution in [3.05, 3.63) is 0 Å². The van der Waals surface area contributed by atoms with Crippen molar-refractivity contribution in [3.8, 4) is 0 Å². The molecule has 2 aliphatic carbocycles. The Balaban J connectivity index is 1.75. The summed E-state index contributed by atoms with van der Waals surface area (Å²) in [4.78, 5) is 11.8. The van der Waals surface area contributed by atoms with Crippen LogP contribution in [0.15, 0.2) is 0 Å². The summed E-state index contributed by atoms with van der Waals surface area (Å²) in [6.07, 6.45) is 6.74. The molecule has 3 nitrogen and oxygen atoms in total. The van der Waals surface area contributed by atoms with Crippen LogP contribution in [-0.4, -0.2) is 18.0 Å². The third-order valence-electron chi connectivity index (χ3n) is 4.63. The first-order valence-electron chi connectivity index (χ1n) is 6.55. The lowest BCUT2D eigenvalue weighted by molar-refractivity contribution is -0.125. The lowest BCUT2D eigenvalue weighted by Crippen LogP contribution is -2.64. The number of carbonyl (C=O) groups is 1. The molecule has 2 fully saturated rings. The molecule has 1 amide bonds. The zero-order valence-electron chi connectivity index (χ0n) is 10.5. The van der Waals surface area contributed by atoms with Gasteiger partial charge in [-0.05, 0) is 25.2 Å². The second-order valence-electron chi connectivity index (χ2n) is 6.14. The summed E-state index contributed by atoms with van der Waals surface area (Å²) < 4.78 is 0. The molecule has 3 heteroatoms. The van der Waals surface area contributed by atoms with Gasteiger partial charge in [0, 0.05) is 23.9 Å². The van der Waals surface area contributed by atoms with Crippen LogP contribution in [0.1, 0.15) is 52.4 Å². The molecule has 0 saturated heterocycles. The van der Waals surface area contributed by atoms with E-state index in [0.717, 1.165) is 12.8 Å². The number of nitrogens with one attached hydrogen (secondary N) is 1. The third-order valence-corrected chi connectivity index (χ3v) is 4.63. The van der Waals surface area contributed by atoms with E-state index in [1.54, 1.807) is 0 Å². The van der Waals surface area contributed by atoms with Gasteiger partial charge in [-0.25, -0.2) is 0 Å². The molecule has 2 rings (SSSR count). The van der Waals surface area contributed by atoms with Crippen molar-refractivity contribution in [2.75, 3.05) is 0 Å². The van der Waals surface area contributed by atoms with Gasteiger partial charge in [0.2, 0.25) is 5.91 Å². The lowest BCUT2D eigenvalue weighted by atomic mass is 9.63. The number of nitrogens with two attached hydrogens (primary N) is 1. The fraction of sp³-hybridized carbons (Fsp3) is 0.923. The standard InChI is InChI=1S/C13H24N2O/c1-13(2)10(14)8-11(13)15-12(16)7-9-5-3-4-6-9/h9-11H,3-8,14H2,1-2H3,(H,15,16). The fourth-order valence-corrected chi connectivity index (χ4v) is 2.93. The van der Waals surface area contributed by atoms with Crippen molar-refractivity contribution >= 4 is 5.91 Å². The second kappa shape index (κ2) is 4.36. The maximum absolute atomic E-state index is 11.8. The van der Waals surface area contributed by atoms with Gasteiger partial charge in [-0.1, -0.05) is 26.7 Å². The number of hydrogen-bond acceptors (Lipinski definition) is 2. The highest BCUT2D eigenvalue weighted by Gasteiger charge is 2.46. The molecule has 0 aromatic heterocycles. The molecule has 0 aromatic rings. The maximum Gasteiger partial charge on any atom is 0.220 e. The molecule has 2 atom stereocenters. The monoisotopic (exact) mass is 224 g/mol. The zero-order chi connectivity index (χ0) is 11.8. The van der Waals surface area contributed by atoms with Gasteiger partial charge in [0.05, 0.1) is 0 Å². The van der Waals surface area contributed by atoms with Crippen LogP contribution in [0.3, 0.4) is 0 Å². The molecule has 2 saturated carbocycles. The summed E-state index contributed by atoms with van der Waals surface area (Å²) in [7, 11) is 0. The van der Waals surface area contributed by atoms with Crippen LogP contribution in [0.5, 0.6) is 0 Å². The van der Waals surface area contributed by atoms with E-state index in [-0.39, 0.29) is 23.4 Å². The smallest absolute Gasteiger partial charge is 0.220 e. The van der Waals surface area contributed by atoms with Gasteiger partial charge in [-0.2, -0.15) is 0 Å². The van der Waals surface area contributed by atoms with Gasteiger partial charge in [0.1, 0.15) is 0 Å². The van der Waals surface area contributed by atoms with Crippen LogP contribution in [0.2, 0.25) is 0 Å². The minimum absolute atomic E-state index is 0.0747. The average molecular weight is 224 g/mol. The SMILES string of the molecule is CC1(C)C(N)CC1NC(=O)CC1CCCC1. The van der Waals surface area contributed by atoms with E-state index in [9.17, 15) is 4.79 Å². The Morgan fingerprint density at radius 1 is 1.38 bits per heavy atom. The summed E-state index contributed by atoms with van der Waals surface area (Å²) in [5.41, 5.74) is 6.01. The van der Waals surface area contributed by atoms with Crippen molar-refractivity contribution in [3.63, 3.8) is 0 Å². The van der Waals surface area contributed by atoms with Crippen LogP contribution in [0, 0.1) is 11.3 Å². The Kier molecular flexibility index (Phi) is 3.24. The van der Waals surface area contributed by atoms with Gasteiger partial charge in [-0.15, -0.1) is 0 Å². The summed E-state index contributed by atoms with van der Waals surface area (Å²) in [5, 5.41) is 3.14. The predicted molar refractivity (Wildman–Crippen MR) is 64.9 cm³/mol. The fourth-order valence-electron chi connectivity index (χ4n) is 2.93. The van der Waals surface area contributed by atoms with Crippen LogP contribution in [0.25, 0.3) is 0 Å². The van der Waals surface area contributed by atoms with E-state index < -0.39 is 0 Å². The first-order chi connectivity index (χ1) is 7.50. The summed E-state index contributed by atoms with van der Waals surface area (Å²) >= 11 is 0. The highest BCUT2D eigenvalue weighted by atomic mass is 16.1. The van der Waals surface area contributed by atoms with E-state index in [1.165, 1.54) is 25.7 Å². The van der Waals surface area contributed by atoms with Crippen LogP contribution < -0.4 is 11.1 Å². The molecule has 2 unspecified atom stereocenters. The molecule has 0 spiro atoms. The number of amides is 1. The normalized spacial score (nSPS) is 33.4. The third kappa shape index (κ3) is 2.24. The van der Waals surface area contributed by atoms with Gasteiger partial charge < -0.3 is 11.1 Å². The Hall–Kier alpha value is -0.570. The number of rotatable bonds is 3. The van der Waals surface area contributed by atoms with Crippen molar-refractivity contribution < 1.29 is 4.79 Å². The molecule has 3 N–H and O–H groups in total.